The van der Waals surface area contributed by atoms with Gasteiger partial charge in [0.25, 0.3) is 5.91 Å². The molecule has 6 rings (SSSR count). The number of rotatable bonds is 7. The number of aryl methyl sites for hydroxylation is 1. The fraction of sp³-hybridized carbons (Fsp3) is 0.455. The third-order valence-electron chi connectivity index (χ3n) is 8.88. The van der Waals surface area contributed by atoms with Crippen molar-refractivity contribution in [2.75, 3.05) is 39.3 Å². The standard InChI is InChI=1S/C33H37F3N6O/c1-2-28-19-38-29(20-37-28)22-40-11-9-24(10-12-40)25-5-8-30-26(17-25)18-31(39-30)32(43)42-15-13-41(14-16-42)21-23-3-6-27(7-4-23)33(34,35)36/h3-8,17,19-20,24H,2,9-16,18,21-22H2,1H3. The number of piperidine rings is 1. The number of aliphatic imine (C=N–C) groups is 1. The fourth-order valence-corrected chi connectivity index (χ4v) is 6.25. The molecule has 2 aromatic carbocycles. The van der Waals surface area contributed by atoms with E-state index in [-0.39, 0.29) is 5.91 Å². The Morgan fingerprint density at radius 3 is 2.19 bits per heavy atom. The van der Waals surface area contributed by atoms with Crippen molar-refractivity contribution in [1.82, 2.24) is 24.7 Å². The van der Waals surface area contributed by atoms with Crippen LogP contribution in [0.25, 0.3) is 0 Å². The number of amides is 1. The summed E-state index contributed by atoms with van der Waals surface area (Å²) in [5.41, 5.74) is 6.16. The van der Waals surface area contributed by atoms with Gasteiger partial charge < -0.3 is 4.90 Å². The van der Waals surface area contributed by atoms with Gasteiger partial charge in [-0.2, -0.15) is 13.2 Å². The molecule has 226 valence electrons. The molecular formula is C33H37F3N6O. The van der Waals surface area contributed by atoms with Crippen molar-refractivity contribution in [2.45, 2.75) is 57.8 Å². The molecule has 2 fully saturated rings. The molecule has 0 spiro atoms. The summed E-state index contributed by atoms with van der Waals surface area (Å²) in [4.78, 5) is 33.5. The number of benzene rings is 2. The van der Waals surface area contributed by atoms with Gasteiger partial charge in [-0.15, -0.1) is 0 Å². The Hall–Kier alpha value is -3.63. The van der Waals surface area contributed by atoms with Crippen molar-refractivity contribution in [1.29, 1.82) is 0 Å². The van der Waals surface area contributed by atoms with Crippen LogP contribution < -0.4 is 0 Å². The summed E-state index contributed by atoms with van der Waals surface area (Å²) in [6.45, 7) is 8.01. The number of alkyl halides is 3. The first-order valence-corrected chi connectivity index (χ1v) is 15.2. The molecule has 10 heteroatoms. The zero-order valence-corrected chi connectivity index (χ0v) is 24.5. The van der Waals surface area contributed by atoms with Gasteiger partial charge in [0.15, 0.2) is 0 Å². The quantitative estimate of drug-likeness (QED) is 0.368. The van der Waals surface area contributed by atoms with Crippen LogP contribution in [0.1, 0.15) is 59.3 Å². The Kier molecular flexibility index (Phi) is 8.59. The summed E-state index contributed by atoms with van der Waals surface area (Å²) >= 11 is 0. The van der Waals surface area contributed by atoms with Gasteiger partial charge in [0, 0.05) is 51.9 Å². The molecule has 3 aromatic rings. The lowest BCUT2D eigenvalue weighted by Gasteiger charge is -2.34. The van der Waals surface area contributed by atoms with Crippen molar-refractivity contribution in [2.24, 2.45) is 4.99 Å². The zero-order chi connectivity index (χ0) is 30.0. The summed E-state index contributed by atoms with van der Waals surface area (Å²) in [5.74, 6) is 0.475. The summed E-state index contributed by atoms with van der Waals surface area (Å²) in [5, 5.41) is 0. The van der Waals surface area contributed by atoms with Crippen molar-refractivity contribution in [3.63, 3.8) is 0 Å². The number of aromatic nitrogens is 2. The number of likely N-dealkylation sites (tertiary alicyclic amines) is 1. The number of hydrogen-bond acceptors (Lipinski definition) is 6. The molecule has 0 bridgehead atoms. The van der Waals surface area contributed by atoms with E-state index in [0.717, 1.165) is 79.2 Å². The minimum absolute atomic E-state index is 0.0182. The molecule has 3 aliphatic rings. The van der Waals surface area contributed by atoms with Gasteiger partial charge in [0.1, 0.15) is 5.71 Å². The molecule has 3 aliphatic heterocycles. The van der Waals surface area contributed by atoms with E-state index in [0.29, 0.717) is 50.8 Å². The second-order valence-electron chi connectivity index (χ2n) is 11.8. The molecule has 43 heavy (non-hydrogen) atoms. The van der Waals surface area contributed by atoms with Crippen LogP contribution in [0.5, 0.6) is 0 Å². The average Bonchev–Trinajstić information content (AvgIpc) is 3.45. The maximum absolute atomic E-state index is 13.3. The topological polar surface area (TPSA) is 64.9 Å². The Bertz CT molecular complexity index is 1460. The minimum Gasteiger partial charge on any atom is -0.335 e. The third kappa shape index (κ3) is 6.96. The van der Waals surface area contributed by atoms with Gasteiger partial charge in [0.2, 0.25) is 0 Å². The average molecular weight is 591 g/mol. The van der Waals surface area contributed by atoms with Crippen LogP contribution in [-0.2, 0) is 36.9 Å². The Morgan fingerprint density at radius 1 is 0.860 bits per heavy atom. The van der Waals surface area contributed by atoms with Crippen molar-refractivity contribution in [3.8, 4) is 0 Å². The van der Waals surface area contributed by atoms with Gasteiger partial charge in [-0.25, -0.2) is 4.99 Å². The highest BCUT2D eigenvalue weighted by Crippen LogP contribution is 2.35. The minimum atomic E-state index is -4.33. The van der Waals surface area contributed by atoms with E-state index in [1.54, 1.807) is 0 Å². The van der Waals surface area contributed by atoms with Crippen LogP contribution in [0.3, 0.4) is 0 Å². The van der Waals surface area contributed by atoms with Crippen molar-refractivity contribution >= 4 is 17.3 Å². The monoisotopic (exact) mass is 590 g/mol. The molecule has 4 heterocycles. The van der Waals surface area contributed by atoms with E-state index in [2.05, 4.69) is 44.9 Å². The summed E-state index contributed by atoms with van der Waals surface area (Å²) in [6.07, 6.45) is 3.07. The van der Waals surface area contributed by atoms with Crippen LogP contribution in [0, 0.1) is 0 Å². The lowest BCUT2D eigenvalue weighted by Crippen LogP contribution is -2.50. The predicted octanol–water partition coefficient (Wildman–Crippen LogP) is 5.41. The second-order valence-corrected chi connectivity index (χ2v) is 11.8. The molecule has 7 nitrogen and oxygen atoms in total. The first-order chi connectivity index (χ1) is 20.7. The summed E-state index contributed by atoms with van der Waals surface area (Å²) in [7, 11) is 0. The van der Waals surface area contributed by atoms with E-state index < -0.39 is 11.7 Å². The van der Waals surface area contributed by atoms with E-state index in [1.165, 1.54) is 17.7 Å². The smallest absolute Gasteiger partial charge is 0.335 e. The maximum atomic E-state index is 13.3. The van der Waals surface area contributed by atoms with Crippen LogP contribution in [-0.4, -0.2) is 75.6 Å². The first kappa shape index (κ1) is 29.4. The van der Waals surface area contributed by atoms with Crippen LogP contribution in [0.2, 0.25) is 0 Å². The SMILES string of the molecule is CCc1cnc(CN2CCC(c3ccc4c(c3)CC(C(=O)N3CCN(Cc5ccc(C(F)(F)F)cc5)CC3)=N4)CC2)cn1. The molecule has 1 aromatic heterocycles. The third-order valence-corrected chi connectivity index (χ3v) is 8.88. The number of nitrogens with zero attached hydrogens (tertiary/aromatic N) is 6. The Labute approximate surface area is 250 Å². The molecule has 0 radical (unpaired) electrons. The molecule has 0 unspecified atom stereocenters. The van der Waals surface area contributed by atoms with Gasteiger partial charge in [-0.05, 0) is 73.2 Å². The number of fused-ring (bicyclic) bond motifs is 1. The molecule has 1 amide bonds. The van der Waals surface area contributed by atoms with E-state index in [1.807, 2.05) is 17.3 Å². The number of halogens is 3. The molecular weight excluding hydrogens is 553 g/mol. The highest BCUT2D eigenvalue weighted by molar-refractivity contribution is 6.40. The number of piperazine rings is 1. The van der Waals surface area contributed by atoms with E-state index >= 15 is 0 Å². The molecule has 0 N–H and O–H groups in total. The number of carbonyl (C=O) groups is 1. The van der Waals surface area contributed by atoms with Crippen molar-refractivity contribution < 1.29 is 18.0 Å². The number of hydrogen-bond donors (Lipinski definition) is 0. The molecule has 2 saturated heterocycles. The predicted molar refractivity (Wildman–Crippen MR) is 159 cm³/mol. The number of carbonyl (C=O) groups excluding carboxylic acids is 1. The molecule has 0 saturated carbocycles. The molecule has 0 aliphatic carbocycles. The molecule has 0 atom stereocenters. The summed E-state index contributed by atoms with van der Waals surface area (Å²) < 4.78 is 38.5. The highest BCUT2D eigenvalue weighted by atomic mass is 19.4. The van der Waals surface area contributed by atoms with Crippen LogP contribution >= 0.6 is 0 Å². The van der Waals surface area contributed by atoms with E-state index in [4.69, 9.17) is 4.99 Å². The van der Waals surface area contributed by atoms with Crippen LogP contribution in [0.15, 0.2) is 59.9 Å². The zero-order valence-electron chi connectivity index (χ0n) is 24.5. The lowest BCUT2D eigenvalue weighted by atomic mass is 9.88. The largest absolute Gasteiger partial charge is 0.416 e. The summed E-state index contributed by atoms with van der Waals surface area (Å²) in [6, 6.07) is 11.8. The Balaban J connectivity index is 0.973. The van der Waals surface area contributed by atoms with Crippen molar-refractivity contribution in [3.05, 3.63) is 88.5 Å². The van der Waals surface area contributed by atoms with E-state index in [9.17, 15) is 18.0 Å². The van der Waals surface area contributed by atoms with Gasteiger partial charge >= 0.3 is 6.18 Å². The van der Waals surface area contributed by atoms with Gasteiger partial charge in [-0.3, -0.25) is 24.6 Å². The first-order valence-electron chi connectivity index (χ1n) is 15.2. The highest BCUT2D eigenvalue weighted by Gasteiger charge is 2.31. The Morgan fingerprint density at radius 2 is 1.53 bits per heavy atom. The van der Waals surface area contributed by atoms with Gasteiger partial charge in [0.05, 0.1) is 28.8 Å². The fourth-order valence-electron chi connectivity index (χ4n) is 6.25. The second kappa shape index (κ2) is 12.5. The maximum Gasteiger partial charge on any atom is 0.416 e. The van der Waals surface area contributed by atoms with Gasteiger partial charge in [-0.1, -0.05) is 31.2 Å². The normalized spacial score (nSPS) is 18.5. The lowest BCUT2D eigenvalue weighted by molar-refractivity contribution is -0.137. The van der Waals surface area contributed by atoms with Crippen LogP contribution in [0.4, 0.5) is 18.9 Å².